The van der Waals surface area contributed by atoms with Crippen LogP contribution in [0.4, 0.5) is 0 Å². The second kappa shape index (κ2) is 6.20. The molecule has 4 aromatic rings. The Morgan fingerprint density at radius 3 is 2.33 bits per heavy atom. The first-order valence-electron chi connectivity index (χ1n) is 9.66. The van der Waals surface area contributed by atoms with E-state index < -0.39 is 0 Å². The Hall–Kier alpha value is -2.13. The fraction of sp³-hybridized carbons (Fsp3) is 0.375. The summed E-state index contributed by atoms with van der Waals surface area (Å²) in [6.07, 6.45) is 0. The number of para-hydroxylation sites is 1. The van der Waals surface area contributed by atoms with Gasteiger partial charge in [-0.3, -0.25) is 0 Å². The van der Waals surface area contributed by atoms with Crippen molar-refractivity contribution in [3.8, 4) is 5.69 Å². The fourth-order valence-electron chi connectivity index (χ4n) is 3.90. The summed E-state index contributed by atoms with van der Waals surface area (Å²) in [5, 5.41) is 3.78. The molecule has 2 nitrogen and oxygen atoms in total. The molecule has 0 aliphatic carbocycles. The van der Waals surface area contributed by atoms with Gasteiger partial charge in [-0.25, -0.2) is 0 Å². The minimum Gasteiger partial charge on any atom is -0.456 e. The molecule has 2 aromatic heterocycles. The summed E-state index contributed by atoms with van der Waals surface area (Å²) >= 11 is 1.96. The number of aromatic nitrogens is 1. The Bertz CT molecular complexity index is 1150. The first-order chi connectivity index (χ1) is 12.7. The fourth-order valence-corrected chi connectivity index (χ4v) is 5.22. The van der Waals surface area contributed by atoms with Gasteiger partial charge in [-0.15, -0.1) is 0 Å². The van der Waals surface area contributed by atoms with E-state index in [2.05, 4.69) is 77.3 Å². The first-order valence-corrected chi connectivity index (χ1v) is 10.5. The van der Waals surface area contributed by atoms with E-state index in [0.717, 1.165) is 11.2 Å². The standard InChI is InChI=1S/C24H28NOS/c1-14(2)22-16(4)25(23(27-22)24(5,6)7)19-13-18-17-10-8-9-11-20(17)26-21(18)12-15(19)3/h8-14H,1-7H3/q+1. The van der Waals surface area contributed by atoms with Crippen molar-refractivity contribution in [1.82, 2.24) is 0 Å². The predicted molar refractivity (Wildman–Crippen MR) is 115 cm³/mol. The molecule has 140 valence electrons. The van der Waals surface area contributed by atoms with Gasteiger partial charge in [0.05, 0.1) is 10.3 Å². The lowest BCUT2D eigenvalue weighted by Crippen LogP contribution is -2.41. The van der Waals surface area contributed by atoms with Gasteiger partial charge in [0.25, 0.3) is 0 Å². The van der Waals surface area contributed by atoms with Crippen molar-refractivity contribution >= 4 is 33.3 Å². The van der Waals surface area contributed by atoms with E-state index in [4.69, 9.17) is 4.42 Å². The van der Waals surface area contributed by atoms with Crippen LogP contribution in [0.5, 0.6) is 0 Å². The molecule has 2 aromatic carbocycles. The molecule has 0 saturated carbocycles. The minimum atomic E-state index is 0.0857. The monoisotopic (exact) mass is 378 g/mol. The summed E-state index contributed by atoms with van der Waals surface area (Å²) in [5.74, 6) is 0.524. The Morgan fingerprint density at radius 1 is 0.963 bits per heavy atom. The van der Waals surface area contributed by atoms with E-state index in [-0.39, 0.29) is 5.41 Å². The summed E-state index contributed by atoms with van der Waals surface area (Å²) in [7, 11) is 0. The maximum atomic E-state index is 6.09. The maximum absolute atomic E-state index is 6.09. The third-order valence-electron chi connectivity index (χ3n) is 5.20. The van der Waals surface area contributed by atoms with Crippen molar-refractivity contribution < 1.29 is 8.98 Å². The van der Waals surface area contributed by atoms with Gasteiger partial charge in [0.15, 0.2) is 5.69 Å². The number of thiazole rings is 1. The van der Waals surface area contributed by atoms with E-state index in [9.17, 15) is 0 Å². The summed E-state index contributed by atoms with van der Waals surface area (Å²) in [5.41, 5.74) is 5.87. The van der Waals surface area contributed by atoms with E-state index in [1.165, 1.54) is 37.6 Å². The van der Waals surface area contributed by atoms with E-state index >= 15 is 0 Å². The molecule has 2 heterocycles. The number of rotatable bonds is 2. The normalized spacial score (nSPS) is 12.6. The van der Waals surface area contributed by atoms with E-state index in [1.807, 2.05) is 23.5 Å². The third kappa shape index (κ3) is 2.89. The molecule has 4 rings (SSSR count). The van der Waals surface area contributed by atoms with Crippen LogP contribution in [0.25, 0.3) is 27.6 Å². The van der Waals surface area contributed by atoms with Gasteiger partial charge in [-0.1, -0.05) is 43.4 Å². The molecule has 0 bridgehead atoms. The Kier molecular flexibility index (Phi) is 4.19. The van der Waals surface area contributed by atoms with Crippen LogP contribution in [0.2, 0.25) is 0 Å². The highest BCUT2D eigenvalue weighted by molar-refractivity contribution is 7.11. The van der Waals surface area contributed by atoms with Crippen LogP contribution in [0.1, 0.15) is 61.7 Å². The number of benzene rings is 2. The number of aryl methyl sites for hydroxylation is 1. The summed E-state index contributed by atoms with van der Waals surface area (Å²) in [6.45, 7) is 15.9. The van der Waals surface area contributed by atoms with Crippen molar-refractivity contribution in [3.63, 3.8) is 0 Å². The van der Waals surface area contributed by atoms with Crippen LogP contribution in [-0.2, 0) is 5.41 Å². The van der Waals surface area contributed by atoms with Gasteiger partial charge in [-0.05, 0) is 45.7 Å². The molecule has 3 heteroatoms. The third-order valence-corrected chi connectivity index (χ3v) is 7.18. The molecule has 0 spiro atoms. The molecule has 0 amide bonds. The van der Waals surface area contributed by atoms with Crippen molar-refractivity contribution in [3.05, 3.63) is 57.5 Å². The zero-order chi connectivity index (χ0) is 19.5. The summed E-state index contributed by atoms with van der Waals surface area (Å²) in [6, 6.07) is 12.8. The van der Waals surface area contributed by atoms with Gasteiger partial charge in [0.1, 0.15) is 11.2 Å². The predicted octanol–water partition coefficient (Wildman–Crippen LogP) is 6.96. The molecule has 27 heavy (non-hydrogen) atoms. The topological polar surface area (TPSA) is 17.0 Å². The van der Waals surface area contributed by atoms with Gasteiger partial charge in [0, 0.05) is 29.3 Å². The van der Waals surface area contributed by atoms with Crippen molar-refractivity contribution in [1.29, 1.82) is 0 Å². The first kappa shape index (κ1) is 18.2. The van der Waals surface area contributed by atoms with Crippen LogP contribution in [-0.4, -0.2) is 0 Å². The summed E-state index contributed by atoms with van der Waals surface area (Å²) in [4.78, 5) is 1.47. The molecule has 0 aliphatic heterocycles. The SMILES string of the molecule is Cc1cc2oc3ccccc3c2cc1-[n+]1c(C(C)(C)C)sc(C(C)C)c1C. The number of hydrogen-bond donors (Lipinski definition) is 0. The molecule has 0 aliphatic rings. The van der Waals surface area contributed by atoms with Crippen LogP contribution >= 0.6 is 11.3 Å². The van der Waals surface area contributed by atoms with Gasteiger partial charge in [0.2, 0.25) is 10.7 Å². The smallest absolute Gasteiger partial charge is 0.248 e. The highest BCUT2D eigenvalue weighted by Crippen LogP contribution is 2.36. The highest BCUT2D eigenvalue weighted by Gasteiger charge is 2.35. The Morgan fingerprint density at radius 2 is 1.67 bits per heavy atom. The molecule has 0 N–H and O–H groups in total. The lowest BCUT2D eigenvalue weighted by atomic mass is 9.97. The molecular formula is C24H28NOS+. The number of furan rings is 1. The van der Waals surface area contributed by atoms with Crippen molar-refractivity contribution in [2.45, 2.75) is 59.8 Å². The van der Waals surface area contributed by atoms with E-state index in [1.54, 1.807) is 0 Å². The average Bonchev–Trinajstić information content (AvgIpc) is 3.11. The van der Waals surface area contributed by atoms with E-state index in [0.29, 0.717) is 5.92 Å². The number of hydrogen-bond acceptors (Lipinski definition) is 2. The second-order valence-electron chi connectivity index (χ2n) is 8.83. The van der Waals surface area contributed by atoms with Crippen LogP contribution in [0.3, 0.4) is 0 Å². The van der Waals surface area contributed by atoms with Gasteiger partial charge in [-0.2, -0.15) is 4.57 Å². The van der Waals surface area contributed by atoms with Crippen LogP contribution in [0, 0.1) is 13.8 Å². The lowest BCUT2D eigenvalue weighted by Gasteiger charge is -2.13. The zero-order valence-electron chi connectivity index (χ0n) is 17.3. The van der Waals surface area contributed by atoms with Crippen LogP contribution < -0.4 is 4.57 Å². The van der Waals surface area contributed by atoms with Gasteiger partial charge < -0.3 is 4.42 Å². The molecule has 0 radical (unpaired) electrons. The molecule has 0 unspecified atom stereocenters. The molecule has 0 fully saturated rings. The molecular weight excluding hydrogens is 350 g/mol. The largest absolute Gasteiger partial charge is 0.456 e. The molecule has 0 saturated heterocycles. The minimum absolute atomic E-state index is 0.0857. The highest BCUT2D eigenvalue weighted by atomic mass is 32.1. The maximum Gasteiger partial charge on any atom is 0.248 e. The summed E-state index contributed by atoms with van der Waals surface area (Å²) < 4.78 is 8.57. The van der Waals surface area contributed by atoms with Gasteiger partial charge >= 0.3 is 0 Å². The number of nitrogens with zero attached hydrogens (tertiary/aromatic N) is 1. The Labute approximate surface area is 165 Å². The molecule has 0 atom stereocenters. The lowest BCUT2D eigenvalue weighted by molar-refractivity contribution is -0.609. The Balaban J connectivity index is 2.07. The quantitative estimate of drug-likeness (QED) is 0.344. The average molecular weight is 379 g/mol. The van der Waals surface area contributed by atoms with Crippen molar-refractivity contribution in [2.75, 3.05) is 0 Å². The van der Waals surface area contributed by atoms with Crippen molar-refractivity contribution in [2.24, 2.45) is 0 Å². The zero-order valence-corrected chi connectivity index (χ0v) is 18.1. The number of fused-ring (bicyclic) bond motifs is 3. The second-order valence-corrected chi connectivity index (χ2v) is 9.86. The van der Waals surface area contributed by atoms with Crippen LogP contribution in [0.15, 0.2) is 40.8 Å².